The van der Waals surface area contributed by atoms with E-state index < -0.39 is 26.3 Å². The van der Waals surface area contributed by atoms with Gasteiger partial charge in [-0.1, -0.05) is 6.07 Å². The van der Waals surface area contributed by atoms with Gasteiger partial charge < -0.3 is 5.11 Å². The van der Waals surface area contributed by atoms with Gasteiger partial charge in [0.1, 0.15) is 0 Å². The highest BCUT2D eigenvalue weighted by molar-refractivity contribution is 7.89. The number of carboxylic acid groups (broad SMARTS) is 1. The van der Waals surface area contributed by atoms with E-state index in [0.717, 1.165) is 4.31 Å². The van der Waals surface area contributed by atoms with Crippen LogP contribution in [0, 0.1) is 22.5 Å². The molecule has 1 aliphatic heterocycles. The Morgan fingerprint density at radius 3 is 2.59 bits per heavy atom. The van der Waals surface area contributed by atoms with Gasteiger partial charge >= 0.3 is 5.97 Å². The average molecular weight is 328 g/mol. The first kappa shape index (κ1) is 16.4. The molecule has 1 atom stereocenters. The van der Waals surface area contributed by atoms with Gasteiger partial charge in [0, 0.05) is 24.7 Å². The fraction of sp³-hybridized carbons (Fsp3) is 0.462. The van der Waals surface area contributed by atoms with Gasteiger partial charge in [-0.05, 0) is 26.3 Å². The zero-order valence-electron chi connectivity index (χ0n) is 12.1. The van der Waals surface area contributed by atoms with Crippen molar-refractivity contribution in [3.05, 3.63) is 33.9 Å². The van der Waals surface area contributed by atoms with E-state index in [1.165, 1.54) is 32.0 Å². The van der Waals surface area contributed by atoms with Crippen LogP contribution < -0.4 is 0 Å². The highest BCUT2D eigenvalue weighted by Crippen LogP contribution is 2.35. The largest absolute Gasteiger partial charge is 0.481 e. The molecule has 120 valence electrons. The van der Waals surface area contributed by atoms with Crippen molar-refractivity contribution in [3.63, 3.8) is 0 Å². The van der Waals surface area contributed by atoms with Gasteiger partial charge in [-0.25, -0.2) is 8.42 Å². The van der Waals surface area contributed by atoms with Crippen LogP contribution in [0.25, 0.3) is 0 Å². The zero-order valence-corrected chi connectivity index (χ0v) is 13.0. The van der Waals surface area contributed by atoms with Crippen molar-refractivity contribution in [3.8, 4) is 0 Å². The van der Waals surface area contributed by atoms with E-state index in [1.54, 1.807) is 0 Å². The SMILES string of the molecule is Cc1c([N+](=O)[O-])cccc1S(=O)(=O)N1CCC(C)(C(=O)O)C1. The van der Waals surface area contributed by atoms with Crippen LogP contribution in [0.1, 0.15) is 18.9 Å². The van der Waals surface area contributed by atoms with Gasteiger partial charge in [0.2, 0.25) is 10.0 Å². The molecule has 0 saturated carbocycles. The molecule has 22 heavy (non-hydrogen) atoms. The van der Waals surface area contributed by atoms with Crippen molar-refractivity contribution in [2.24, 2.45) is 5.41 Å². The third kappa shape index (κ3) is 2.57. The lowest BCUT2D eigenvalue weighted by Gasteiger charge is -2.20. The number of nitro groups is 1. The molecule has 1 saturated heterocycles. The molecule has 0 spiro atoms. The number of nitrogens with zero attached hydrogens (tertiary/aromatic N) is 2. The summed E-state index contributed by atoms with van der Waals surface area (Å²) in [6, 6.07) is 3.85. The minimum Gasteiger partial charge on any atom is -0.481 e. The maximum atomic E-state index is 12.7. The first-order chi connectivity index (χ1) is 10.1. The second-order valence-electron chi connectivity index (χ2n) is 5.61. The number of hydrogen-bond donors (Lipinski definition) is 1. The van der Waals surface area contributed by atoms with E-state index >= 15 is 0 Å². The normalized spacial score (nSPS) is 22.6. The second-order valence-corrected chi connectivity index (χ2v) is 7.52. The van der Waals surface area contributed by atoms with Crippen LogP contribution in [0.3, 0.4) is 0 Å². The first-order valence-electron chi connectivity index (χ1n) is 6.57. The number of benzene rings is 1. The monoisotopic (exact) mass is 328 g/mol. The molecule has 0 bridgehead atoms. The Balaban J connectivity index is 2.43. The Labute approximate surface area is 127 Å². The van der Waals surface area contributed by atoms with Crippen LogP contribution in [0.5, 0.6) is 0 Å². The van der Waals surface area contributed by atoms with Gasteiger partial charge in [-0.15, -0.1) is 0 Å². The summed E-state index contributed by atoms with van der Waals surface area (Å²) in [5.74, 6) is -1.05. The molecule has 0 aliphatic carbocycles. The summed E-state index contributed by atoms with van der Waals surface area (Å²) in [6.45, 7) is 2.79. The van der Waals surface area contributed by atoms with Gasteiger partial charge in [0.15, 0.2) is 0 Å². The Kier molecular flexibility index (Phi) is 3.96. The summed E-state index contributed by atoms with van der Waals surface area (Å²) in [6.07, 6.45) is 0.204. The van der Waals surface area contributed by atoms with E-state index in [0.29, 0.717) is 0 Å². The van der Waals surface area contributed by atoms with Gasteiger partial charge in [-0.2, -0.15) is 4.31 Å². The number of rotatable bonds is 4. The summed E-state index contributed by atoms with van der Waals surface area (Å²) >= 11 is 0. The van der Waals surface area contributed by atoms with Crippen molar-refractivity contribution in [2.45, 2.75) is 25.2 Å². The molecule has 9 heteroatoms. The fourth-order valence-electron chi connectivity index (χ4n) is 2.52. The number of carbonyl (C=O) groups is 1. The lowest BCUT2D eigenvalue weighted by atomic mass is 9.90. The van der Waals surface area contributed by atoms with Crippen molar-refractivity contribution in [1.82, 2.24) is 4.31 Å². The van der Waals surface area contributed by atoms with Crippen LogP contribution in [-0.4, -0.2) is 41.8 Å². The molecule has 1 fully saturated rings. The predicted molar refractivity (Wildman–Crippen MR) is 77.0 cm³/mol. The molecule has 1 aromatic carbocycles. The Hall–Kier alpha value is -2.00. The third-order valence-electron chi connectivity index (χ3n) is 4.02. The number of carboxylic acids is 1. The molecule has 2 rings (SSSR count). The lowest BCUT2D eigenvalue weighted by Crippen LogP contribution is -2.35. The minimum atomic E-state index is -3.96. The average Bonchev–Trinajstić information content (AvgIpc) is 2.83. The summed E-state index contributed by atoms with van der Waals surface area (Å²) in [5.41, 5.74) is -1.36. The molecule has 0 aromatic heterocycles. The molecule has 1 unspecified atom stereocenters. The number of nitro benzene ring substituents is 1. The number of aliphatic carboxylic acids is 1. The van der Waals surface area contributed by atoms with Crippen molar-refractivity contribution < 1.29 is 23.2 Å². The summed E-state index contributed by atoms with van der Waals surface area (Å²) < 4.78 is 26.4. The first-order valence-corrected chi connectivity index (χ1v) is 8.01. The fourth-order valence-corrected chi connectivity index (χ4v) is 4.32. The Bertz CT molecular complexity index is 745. The van der Waals surface area contributed by atoms with Gasteiger partial charge in [-0.3, -0.25) is 14.9 Å². The van der Waals surface area contributed by atoms with Crippen LogP contribution in [0.15, 0.2) is 23.1 Å². The molecular weight excluding hydrogens is 312 g/mol. The topological polar surface area (TPSA) is 118 Å². The molecule has 0 amide bonds. The summed E-state index contributed by atoms with van der Waals surface area (Å²) in [4.78, 5) is 21.4. The van der Waals surface area contributed by atoms with Crippen LogP contribution in [0.4, 0.5) is 5.69 Å². The van der Waals surface area contributed by atoms with E-state index in [1.807, 2.05) is 0 Å². The van der Waals surface area contributed by atoms with Crippen LogP contribution in [0.2, 0.25) is 0 Å². The van der Waals surface area contributed by atoms with Crippen LogP contribution >= 0.6 is 0 Å². The molecule has 1 heterocycles. The number of hydrogen-bond acceptors (Lipinski definition) is 5. The maximum Gasteiger partial charge on any atom is 0.310 e. The smallest absolute Gasteiger partial charge is 0.310 e. The molecular formula is C13H16N2O6S. The van der Waals surface area contributed by atoms with E-state index in [2.05, 4.69) is 0 Å². The maximum absolute atomic E-state index is 12.7. The lowest BCUT2D eigenvalue weighted by molar-refractivity contribution is -0.385. The van der Waals surface area contributed by atoms with E-state index in [-0.39, 0.29) is 35.7 Å². The zero-order chi connectivity index (χ0) is 16.7. The van der Waals surface area contributed by atoms with E-state index in [9.17, 15) is 28.4 Å². The molecule has 1 aromatic rings. The minimum absolute atomic E-state index is 0.0522. The third-order valence-corrected chi connectivity index (χ3v) is 6.01. The van der Waals surface area contributed by atoms with Crippen molar-refractivity contribution >= 4 is 21.7 Å². The molecule has 8 nitrogen and oxygen atoms in total. The molecule has 0 radical (unpaired) electrons. The molecule has 1 aliphatic rings. The van der Waals surface area contributed by atoms with Gasteiger partial charge in [0.25, 0.3) is 5.69 Å². The van der Waals surface area contributed by atoms with E-state index in [4.69, 9.17) is 0 Å². The highest BCUT2D eigenvalue weighted by atomic mass is 32.2. The van der Waals surface area contributed by atoms with Crippen molar-refractivity contribution in [2.75, 3.05) is 13.1 Å². The quantitative estimate of drug-likeness (QED) is 0.659. The molecule has 1 N–H and O–H groups in total. The number of sulfonamides is 1. The second kappa shape index (κ2) is 5.33. The summed E-state index contributed by atoms with van der Waals surface area (Å²) in [5, 5.41) is 20.1. The standard InChI is InChI=1S/C13H16N2O6S/c1-9-10(15(18)19)4-3-5-11(9)22(20,21)14-7-6-13(2,8-14)12(16)17/h3-5H,6-8H2,1-2H3,(H,16,17). The Morgan fingerprint density at radius 2 is 2.09 bits per heavy atom. The van der Waals surface area contributed by atoms with Gasteiger partial charge in [0.05, 0.1) is 15.2 Å². The Morgan fingerprint density at radius 1 is 1.45 bits per heavy atom. The van der Waals surface area contributed by atoms with Crippen LogP contribution in [-0.2, 0) is 14.8 Å². The highest BCUT2D eigenvalue weighted by Gasteiger charge is 2.45. The predicted octanol–water partition coefficient (Wildman–Crippen LogP) is 1.39. The summed E-state index contributed by atoms with van der Waals surface area (Å²) in [7, 11) is -3.96. The van der Waals surface area contributed by atoms with Crippen molar-refractivity contribution in [1.29, 1.82) is 0 Å².